The fourth-order valence-corrected chi connectivity index (χ4v) is 4.80. The van der Waals surface area contributed by atoms with Gasteiger partial charge in [-0.25, -0.2) is 4.79 Å². The van der Waals surface area contributed by atoms with Crippen LogP contribution in [0.1, 0.15) is 62.3 Å². The second-order valence-corrected chi connectivity index (χ2v) is 8.38. The molecule has 4 rings (SSSR count). The standard InChI is InChI=1S/C25H32N2O2/c1-4-5-6-7-8-9-18-12-14-27-15-13-19-20-16-17(2)10-11-21(20)26-23(19)24(27)22(18)25(28)29-3/h10-12,14,16,18,26H,4-9,13,15H2,1-3H3/t18-/m1/s1. The van der Waals surface area contributed by atoms with Crippen molar-refractivity contribution in [1.82, 2.24) is 9.88 Å². The van der Waals surface area contributed by atoms with Crippen molar-refractivity contribution in [1.29, 1.82) is 0 Å². The highest BCUT2D eigenvalue weighted by Gasteiger charge is 2.35. The number of fused-ring (bicyclic) bond motifs is 5. The van der Waals surface area contributed by atoms with E-state index in [0.717, 1.165) is 48.3 Å². The molecule has 0 aliphatic carbocycles. The Kier molecular flexibility index (Phi) is 5.79. The number of hydrogen-bond acceptors (Lipinski definition) is 3. The maximum Gasteiger partial charge on any atom is 0.336 e. The van der Waals surface area contributed by atoms with E-state index >= 15 is 0 Å². The number of aryl methyl sites for hydroxylation is 1. The van der Waals surface area contributed by atoms with Gasteiger partial charge < -0.3 is 14.6 Å². The number of aromatic amines is 1. The molecule has 1 aromatic heterocycles. The molecule has 0 unspecified atom stereocenters. The molecular formula is C25H32N2O2. The van der Waals surface area contributed by atoms with E-state index in [4.69, 9.17) is 4.74 Å². The van der Waals surface area contributed by atoms with E-state index in [9.17, 15) is 4.79 Å². The van der Waals surface area contributed by atoms with E-state index in [0.29, 0.717) is 0 Å². The van der Waals surface area contributed by atoms with Gasteiger partial charge in [0.1, 0.15) is 0 Å². The maximum atomic E-state index is 12.9. The van der Waals surface area contributed by atoms with Gasteiger partial charge in [0, 0.05) is 29.6 Å². The van der Waals surface area contributed by atoms with Crippen LogP contribution in [0.3, 0.4) is 0 Å². The molecule has 4 heteroatoms. The molecule has 3 heterocycles. The predicted octanol–water partition coefficient (Wildman–Crippen LogP) is 5.72. The summed E-state index contributed by atoms with van der Waals surface area (Å²) in [5.74, 6) is -0.0787. The summed E-state index contributed by atoms with van der Waals surface area (Å²) in [4.78, 5) is 18.7. The number of allylic oxidation sites excluding steroid dienone is 1. The lowest BCUT2D eigenvalue weighted by atomic mass is 9.85. The van der Waals surface area contributed by atoms with Crippen LogP contribution in [0, 0.1) is 12.8 Å². The van der Waals surface area contributed by atoms with Crippen LogP contribution in [0.4, 0.5) is 0 Å². The van der Waals surface area contributed by atoms with Gasteiger partial charge in [-0.15, -0.1) is 0 Å². The zero-order valence-corrected chi connectivity index (χ0v) is 17.9. The van der Waals surface area contributed by atoms with Crippen LogP contribution in [0.25, 0.3) is 16.6 Å². The van der Waals surface area contributed by atoms with Gasteiger partial charge in [0.15, 0.2) is 0 Å². The average molecular weight is 393 g/mol. The molecule has 2 aliphatic rings. The molecule has 0 saturated carbocycles. The first-order chi connectivity index (χ1) is 14.1. The highest BCUT2D eigenvalue weighted by Crippen LogP contribution is 2.41. The second-order valence-electron chi connectivity index (χ2n) is 8.38. The monoisotopic (exact) mass is 392 g/mol. The van der Waals surface area contributed by atoms with Crippen LogP contribution in [0.5, 0.6) is 0 Å². The number of nitrogens with zero attached hydrogens (tertiary/aromatic N) is 1. The van der Waals surface area contributed by atoms with E-state index in [-0.39, 0.29) is 11.9 Å². The molecule has 0 fully saturated rings. The highest BCUT2D eigenvalue weighted by atomic mass is 16.5. The lowest BCUT2D eigenvalue weighted by Gasteiger charge is -2.35. The number of esters is 1. The third kappa shape index (κ3) is 3.73. The second kappa shape index (κ2) is 8.48. The number of aromatic nitrogens is 1. The number of carbonyl (C=O) groups excluding carboxylic acids is 1. The highest BCUT2D eigenvalue weighted by molar-refractivity contribution is 6.01. The van der Waals surface area contributed by atoms with E-state index in [2.05, 4.69) is 54.2 Å². The van der Waals surface area contributed by atoms with Crippen molar-refractivity contribution in [3.63, 3.8) is 0 Å². The third-order valence-corrected chi connectivity index (χ3v) is 6.34. The number of rotatable bonds is 7. The molecule has 0 spiro atoms. The number of hydrogen-bond donors (Lipinski definition) is 1. The topological polar surface area (TPSA) is 45.3 Å². The maximum absolute atomic E-state index is 12.9. The minimum atomic E-state index is -0.199. The quantitative estimate of drug-likeness (QED) is 0.484. The summed E-state index contributed by atoms with van der Waals surface area (Å²) in [6.45, 7) is 5.26. The SMILES string of the molecule is CCCCCCC[C@@H]1C=CN2CCc3c([nH]c4ccc(C)cc34)C2=C1C(=O)OC. The van der Waals surface area contributed by atoms with Crippen molar-refractivity contribution in [2.75, 3.05) is 13.7 Å². The van der Waals surface area contributed by atoms with Crippen molar-refractivity contribution < 1.29 is 9.53 Å². The Morgan fingerprint density at radius 2 is 2.07 bits per heavy atom. The van der Waals surface area contributed by atoms with Crippen molar-refractivity contribution >= 4 is 22.6 Å². The lowest BCUT2D eigenvalue weighted by molar-refractivity contribution is -0.136. The van der Waals surface area contributed by atoms with Crippen LogP contribution in [0.15, 0.2) is 36.0 Å². The molecule has 2 aromatic rings. The Morgan fingerprint density at radius 3 is 2.86 bits per heavy atom. The number of ether oxygens (including phenoxy) is 1. The molecule has 4 nitrogen and oxygen atoms in total. The molecule has 1 N–H and O–H groups in total. The van der Waals surface area contributed by atoms with Crippen LogP contribution in [-0.2, 0) is 16.0 Å². The number of benzene rings is 1. The number of carbonyl (C=O) groups is 1. The van der Waals surface area contributed by atoms with E-state index in [1.165, 1.54) is 49.3 Å². The summed E-state index contributed by atoms with van der Waals surface area (Å²) >= 11 is 0. The van der Waals surface area contributed by atoms with Gasteiger partial charge in [0.2, 0.25) is 0 Å². The normalized spacial score (nSPS) is 18.2. The smallest absolute Gasteiger partial charge is 0.336 e. The van der Waals surface area contributed by atoms with Gasteiger partial charge in [-0.3, -0.25) is 0 Å². The summed E-state index contributed by atoms with van der Waals surface area (Å²) in [6.07, 6.45) is 12.5. The van der Waals surface area contributed by atoms with Gasteiger partial charge in [0.05, 0.1) is 24.1 Å². The zero-order valence-electron chi connectivity index (χ0n) is 17.9. The number of methoxy groups -OCH3 is 1. The third-order valence-electron chi connectivity index (χ3n) is 6.34. The van der Waals surface area contributed by atoms with Crippen LogP contribution in [-0.4, -0.2) is 29.5 Å². The zero-order chi connectivity index (χ0) is 20.4. The van der Waals surface area contributed by atoms with Gasteiger partial charge in [-0.05, 0) is 37.5 Å². The van der Waals surface area contributed by atoms with Crippen LogP contribution in [0.2, 0.25) is 0 Å². The fraction of sp³-hybridized carbons (Fsp3) is 0.480. The molecule has 0 bridgehead atoms. The van der Waals surface area contributed by atoms with Crippen molar-refractivity contribution in [2.45, 2.75) is 58.8 Å². The Bertz CT molecular complexity index is 967. The van der Waals surface area contributed by atoms with Gasteiger partial charge in [0.25, 0.3) is 0 Å². The van der Waals surface area contributed by atoms with Crippen LogP contribution >= 0.6 is 0 Å². The molecule has 1 atom stereocenters. The Balaban J connectivity index is 1.73. The minimum Gasteiger partial charge on any atom is -0.466 e. The van der Waals surface area contributed by atoms with E-state index in [1.807, 2.05) is 0 Å². The van der Waals surface area contributed by atoms with Gasteiger partial charge >= 0.3 is 5.97 Å². The summed E-state index contributed by atoms with van der Waals surface area (Å²) < 4.78 is 5.25. The lowest BCUT2D eigenvalue weighted by Crippen LogP contribution is -2.32. The van der Waals surface area contributed by atoms with E-state index < -0.39 is 0 Å². The van der Waals surface area contributed by atoms with Gasteiger partial charge in [-0.1, -0.05) is 56.7 Å². The molecule has 0 saturated heterocycles. The number of H-pyrrole nitrogens is 1. The summed E-state index contributed by atoms with van der Waals surface area (Å²) in [7, 11) is 1.50. The summed E-state index contributed by atoms with van der Waals surface area (Å²) in [5, 5.41) is 1.28. The van der Waals surface area contributed by atoms with Crippen molar-refractivity contribution in [3.8, 4) is 0 Å². The average Bonchev–Trinajstić information content (AvgIpc) is 3.10. The molecular weight excluding hydrogens is 360 g/mol. The van der Waals surface area contributed by atoms with Gasteiger partial charge in [-0.2, -0.15) is 0 Å². The molecule has 1 aromatic carbocycles. The minimum absolute atomic E-state index is 0.120. The Labute approximate surface area is 173 Å². The van der Waals surface area contributed by atoms with E-state index in [1.54, 1.807) is 0 Å². The molecule has 0 radical (unpaired) electrons. The summed E-state index contributed by atoms with van der Waals surface area (Å²) in [6, 6.07) is 6.54. The molecule has 0 amide bonds. The van der Waals surface area contributed by atoms with Crippen molar-refractivity contribution in [3.05, 3.63) is 52.9 Å². The Hall–Kier alpha value is -2.49. The molecule has 29 heavy (non-hydrogen) atoms. The first kappa shape index (κ1) is 19.8. The fourth-order valence-electron chi connectivity index (χ4n) is 4.80. The first-order valence-corrected chi connectivity index (χ1v) is 11.0. The number of unbranched alkanes of at least 4 members (excludes halogenated alkanes) is 4. The number of nitrogens with one attached hydrogen (secondary N) is 1. The Morgan fingerprint density at radius 1 is 1.24 bits per heavy atom. The van der Waals surface area contributed by atoms with Crippen LogP contribution < -0.4 is 0 Å². The largest absolute Gasteiger partial charge is 0.466 e. The first-order valence-electron chi connectivity index (χ1n) is 11.0. The molecule has 2 aliphatic heterocycles. The van der Waals surface area contributed by atoms with Crippen molar-refractivity contribution in [2.24, 2.45) is 5.92 Å². The summed E-state index contributed by atoms with van der Waals surface area (Å²) in [5.41, 5.74) is 6.66. The molecule has 154 valence electrons. The predicted molar refractivity (Wildman–Crippen MR) is 118 cm³/mol.